The summed E-state index contributed by atoms with van der Waals surface area (Å²) in [5.74, 6) is -0.311. The Bertz CT molecular complexity index is 373. The van der Waals surface area contributed by atoms with Gasteiger partial charge in [-0.15, -0.1) is 0 Å². The highest BCUT2D eigenvalue weighted by Gasteiger charge is 2.15. The molecule has 0 aliphatic heterocycles. The number of methoxy groups -OCH3 is 1. The summed E-state index contributed by atoms with van der Waals surface area (Å²) < 4.78 is 10.3. The second-order valence-electron chi connectivity index (χ2n) is 3.89. The average molecular weight is 241 g/mol. The van der Waals surface area contributed by atoms with Crippen LogP contribution in [0.25, 0.3) is 0 Å². The van der Waals surface area contributed by atoms with E-state index in [0.717, 1.165) is 13.1 Å². The molecule has 0 saturated heterocycles. The van der Waals surface area contributed by atoms with Crippen molar-refractivity contribution < 1.29 is 19.1 Å². The van der Waals surface area contributed by atoms with Gasteiger partial charge in [-0.05, 0) is 19.5 Å². The lowest BCUT2D eigenvalue weighted by Crippen LogP contribution is -2.26. The van der Waals surface area contributed by atoms with Gasteiger partial charge in [-0.25, -0.2) is 4.79 Å². The lowest BCUT2D eigenvalue weighted by molar-refractivity contribution is 0.0656. The third kappa shape index (κ3) is 3.87. The van der Waals surface area contributed by atoms with Gasteiger partial charge in [0, 0.05) is 19.2 Å². The second-order valence-corrected chi connectivity index (χ2v) is 3.89. The minimum Gasteiger partial charge on any atom is -0.475 e. The van der Waals surface area contributed by atoms with Crippen LogP contribution in [0.4, 0.5) is 0 Å². The van der Waals surface area contributed by atoms with Gasteiger partial charge in [0.2, 0.25) is 5.76 Å². The van der Waals surface area contributed by atoms with Crippen molar-refractivity contribution in [2.45, 2.75) is 20.4 Å². The van der Waals surface area contributed by atoms with Crippen molar-refractivity contribution in [2.24, 2.45) is 0 Å². The van der Waals surface area contributed by atoms with Crippen molar-refractivity contribution >= 4 is 5.97 Å². The quantitative estimate of drug-likeness (QED) is 0.788. The van der Waals surface area contributed by atoms with Gasteiger partial charge in [0.15, 0.2) is 0 Å². The molecule has 0 aromatic carbocycles. The molecule has 1 aromatic heterocycles. The zero-order chi connectivity index (χ0) is 12.8. The fourth-order valence-electron chi connectivity index (χ4n) is 1.63. The van der Waals surface area contributed by atoms with E-state index in [1.165, 1.54) is 0 Å². The Balaban J connectivity index is 2.66. The topological polar surface area (TPSA) is 62.9 Å². The summed E-state index contributed by atoms with van der Waals surface area (Å²) in [5, 5.41) is 8.88. The first-order chi connectivity index (χ1) is 8.08. The van der Waals surface area contributed by atoms with Crippen molar-refractivity contribution in [1.29, 1.82) is 0 Å². The van der Waals surface area contributed by atoms with Gasteiger partial charge in [-0.1, -0.05) is 6.92 Å². The summed E-state index contributed by atoms with van der Waals surface area (Å²) >= 11 is 0. The molecule has 0 bridgehead atoms. The van der Waals surface area contributed by atoms with E-state index in [9.17, 15) is 4.79 Å². The third-order valence-electron chi connectivity index (χ3n) is 2.60. The number of ether oxygens (including phenoxy) is 1. The number of carbonyl (C=O) groups is 1. The summed E-state index contributed by atoms with van der Waals surface area (Å²) in [6, 6.07) is 1.78. The maximum atomic E-state index is 10.8. The van der Waals surface area contributed by atoms with E-state index in [0.29, 0.717) is 24.5 Å². The predicted octanol–water partition coefficient (Wildman–Crippen LogP) is 1.75. The van der Waals surface area contributed by atoms with Crippen LogP contribution in [0, 0.1) is 6.92 Å². The van der Waals surface area contributed by atoms with Gasteiger partial charge >= 0.3 is 5.97 Å². The van der Waals surface area contributed by atoms with Crippen LogP contribution < -0.4 is 0 Å². The minimum absolute atomic E-state index is 0.0304. The number of rotatable bonds is 7. The highest BCUT2D eigenvalue weighted by Crippen LogP contribution is 2.16. The van der Waals surface area contributed by atoms with Gasteiger partial charge in [-0.3, -0.25) is 4.90 Å². The van der Waals surface area contributed by atoms with Gasteiger partial charge in [-0.2, -0.15) is 0 Å². The number of hydrogen-bond donors (Lipinski definition) is 1. The number of likely N-dealkylation sites (N-methyl/N-ethyl adjacent to an activating group) is 1. The van der Waals surface area contributed by atoms with Gasteiger partial charge in [0.1, 0.15) is 5.76 Å². The number of aryl methyl sites for hydroxylation is 1. The molecule has 1 N–H and O–H groups in total. The van der Waals surface area contributed by atoms with E-state index >= 15 is 0 Å². The van der Waals surface area contributed by atoms with Crippen molar-refractivity contribution in [3.8, 4) is 0 Å². The zero-order valence-electron chi connectivity index (χ0n) is 10.5. The van der Waals surface area contributed by atoms with E-state index in [1.54, 1.807) is 20.1 Å². The molecule has 1 aromatic rings. The van der Waals surface area contributed by atoms with Crippen LogP contribution >= 0.6 is 0 Å². The van der Waals surface area contributed by atoms with Crippen molar-refractivity contribution in [3.63, 3.8) is 0 Å². The molecule has 0 saturated carbocycles. The summed E-state index contributed by atoms with van der Waals surface area (Å²) in [6.07, 6.45) is 0. The van der Waals surface area contributed by atoms with Crippen molar-refractivity contribution in [1.82, 2.24) is 4.90 Å². The number of furan rings is 1. The smallest absolute Gasteiger partial charge is 0.372 e. The number of aromatic carboxylic acids is 1. The number of hydrogen-bond acceptors (Lipinski definition) is 4. The lowest BCUT2D eigenvalue weighted by atomic mass is 10.2. The number of nitrogens with zero attached hydrogens (tertiary/aromatic N) is 1. The van der Waals surface area contributed by atoms with E-state index in [1.807, 2.05) is 6.92 Å². The highest BCUT2D eigenvalue weighted by atomic mass is 16.5. The molecule has 0 spiro atoms. The first-order valence-electron chi connectivity index (χ1n) is 5.62. The molecule has 1 heterocycles. The monoisotopic (exact) mass is 241 g/mol. The van der Waals surface area contributed by atoms with E-state index in [4.69, 9.17) is 14.3 Å². The Morgan fingerprint density at radius 3 is 2.76 bits per heavy atom. The lowest BCUT2D eigenvalue weighted by Gasteiger charge is -2.18. The van der Waals surface area contributed by atoms with Crippen molar-refractivity contribution in [3.05, 3.63) is 23.2 Å². The number of carboxylic acid groups (broad SMARTS) is 1. The molecule has 0 fully saturated rings. The molecule has 0 radical (unpaired) electrons. The van der Waals surface area contributed by atoms with E-state index in [-0.39, 0.29) is 5.76 Å². The molecule has 0 unspecified atom stereocenters. The summed E-state index contributed by atoms with van der Waals surface area (Å²) in [5.41, 5.74) is 0.662. The molecule has 5 nitrogen and oxygen atoms in total. The average Bonchev–Trinajstić information content (AvgIpc) is 2.65. The Morgan fingerprint density at radius 1 is 1.59 bits per heavy atom. The fourth-order valence-corrected chi connectivity index (χ4v) is 1.63. The minimum atomic E-state index is -1.02. The zero-order valence-corrected chi connectivity index (χ0v) is 10.5. The van der Waals surface area contributed by atoms with Gasteiger partial charge in [0.05, 0.1) is 13.2 Å². The highest BCUT2D eigenvalue weighted by molar-refractivity contribution is 5.86. The standard InChI is InChI=1S/C12H19NO4/c1-4-13(5-6-16-3)8-10-7-9(2)11(17-10)12(14)15/h7H,4-6,8H2,1-3H3,(H,14,15). The molecule has 0 aliphatic carbocycles. The molecule has 5 heteroatoms. The SMILES string of the molecule is CCN(CCOC)Cc1cc(C)c(C(=O)O)o1. The van der Waals surface area contributed by atoms with Gasteiger partial charge < -0.3 is 14.3 Å². The predicted molar refractivity (Wildman–Crippen MR) is 63.2 cm³/mol. The molecule has 1 rings (SSSR count). The van der Waals surface area contributed by atoms with Crippen LogP contribution in [0.3, 0.4) is 0 Å². The maximum Gasteiger partial charge on any atom is 0.372 e. The van der Waals surface area contributed by atoms with Crippen LogP contribution in [-0.4, -0.2) is 42.8 Å². The van der Waals surface area contributed by atoms with Crippen molar-refractivity contribution in [2.75, 3.05) is 26.8 Å². The van der Waals surface area contributed by atoms with Crippen LogP contribution in [-0.2, 0) is 11.3 Å². The largest absolute Gasteiger partial charge is 0.475 e. The van der Waals surface area contributed by atoms with Crippen LogP contribution in [0.1, 0.15) is 28.8 Å². The Labute approximate surface area is 101 Å². The normalized spacial score (nSPS) is 11.1. The molecule has 17 heavy (non-hydrogen) atoms. The summed E-state index contributed by atoms with van der Waals surface area (Å²) in [7, 11) is 1.66. The number of carboxylic acids is 1. The summed E-state index contributed by atoms with van der Waals surface area (Å²) in [4.78, 5) is 13.0. The first kappa shape index (κ1) is 13.7. The molecule has 0 amide bonds. The van der Waals surface area contributed by atoms with Crippen LogP contribution in [0.15, 0.2) is 10.5 Å². The van der Waals surface area contributed by atoms with Gasteiger partial charge in [0.25, 0.3) is 0 Å². The molecule has 0 aliphatic rings. The van der Waals surface area contributed by atoms with Crippen LogP contribution in [0.5, 0.6) is 0 Å². The third-order valence-corrected chi connectivity index (χ3v) is 2.60. The van der Waals surface area contributed by atoms with E-state index < -0.39 is 5.97 Å². The fraction of sp³-hybridized carbons (Fsp3) is 0.583. The Hall–Kier alpha value is -1.33. The maximum absolute atomic E-state index is 10.8. The summed E-state index contributed by atoms with van der Waals surface area (Å²) in [6.45, 7) is 6.71. The second kappa shape index (κ2) is 6.42. The van der Waals surface area contributed by atoms with E-state index in [2.05, 4.69) is 4.90 Å². The Kier molecular flexibility index (Phi) is 5.18. The Morgan fingerprint density at radius 2 is 2.29 bits per heavy atom. The first-order valence-corrected chi connectivity index (χ1v) is 5.62. The molecular formula is C12H19NO4. The molecule has 96 valence electrons. The van der Waals surface area contributed by atoms with Crippen LogP contribution in [0.2, 0.25) is 0 Å². The molecular weight excluding hydrogens is 222 g/mol. The molecule has 0 atom stereocenters.